The SMILES string of the molecule is CC(C)c1cccc2sc(N(Cc3ccccn3)C(=O)c3ccc(C(C)(C)C)cc3)nc12. The Morgan fingerprint density at radius 1 is 1.00 bits per heavy atom. The summed E-state index contributed by atoms with van der Waals surface area (Å²) in [6.07, 6.45) is 1.76. The largest absolute Gasteiger partial charge is 0.278 e. The van der Waals surface area contributed by atoms with E-state index in [9.17, 15) is 4.79 Å². The number of benzene rings is 2. The molecule has 0 spiro atoms. The fraction of sp³-hybridized carbons (Fsp3) is 0.296. The van der Waals surface area contributed by atoms with Crippen LogP contribution < -0.4 is 4.90 Å². The summed E-state index contributed by atoms with van der Waals surface area (Å²) in [6.45, 7) is 11.2. The molecule has 32 heavy (non-hydrogen) atoms. The second-order valence-electron chi connectivity index (χ2n) is 9.38. The van der Waals surface area contributed by atoms with E-state index in [2.05, 4.69) is 57.8 Å². The summed E-state index contributed by atoms with van der Waals surface area (Å²) in [5, 5.41) is 0.698. The van der Waals surface area contributed by atoms with E-state index in [1.165, 1.54) is 11.1 Å². The van der Waals surface area contributed by atoms with Crippen molar-refractivity contribution in [3.8, 4) is 0 Å². The number of hydrogen-bond acceptors (Lipinski definition) is 4. The van der Waals surface area contributed by atoms with Crippen molar-refractivity contribution in [1.82, 2.24) is 9.97 Å². The van der Waals surface area contributed by atoms with Gasteiger partial charge in [0.15, 0.2) is 5.13 Å². The molecule has 2 aromatic heterocycles. The van der Waals surface area contributed by atoms with Crippen molar-refractivity contribution < 1.29 is 4.79 Å². The minimum atomic E-state index is -0.0683. The predicted octanol–water partition coefficient (Wildman–Crippen LogP) is 6.96. The molecular formula is C27H29N3OS. The molecular weight excluding hydrogens is 414 g/mol. The average molecular weight is 444 g/mol. The van der Waals surface area contributed by atoms with Gasteiger partial charge < -0.3 is 0 Å². The van der Waals surface area contributed by atoms with Crippen LogP contribution in [0.1, 0.15) is 67.7 Å². The topological polar surface area (TPSA) is 46.1 Å². The van der Waals surface area contributed by atoms with E-state index in [1.54, 1.807) is 22.4 Å². The van der Waals surface area contributed by atoms with Crippen molar-refractivity contribution in [2.75, 3.05) is 4.90 Å². The van der Waals surface area contributed by atoms with Crippen molar-refractivity contribution in [2.45, 2.75) is 52.5 Å². The van der Waals surface area contributed by atoms with E-state index in [0.717, 1.165) is 15.9 Å². The number of amides is 1. The van der Waals surface area contributed by atoms with Crippen LogP contribution >= 0.6 is 11.3 Å². The number of pyridine rings is 1. The molecule has 1 amide bonds. The van der Waals surface area contributed by atoms with Crippen molar-refractivity contribution in [3.63, 3.8) is 0 Å². The number of thiazole rings is 1. The second kappa shape index (κ2) is 8.83. The molecule has 4 aromatic rings. The third-order valence-corrected chi connectivity index (χ3v) is 6.62. The lowest BCUT2D eigenvalue weighted by molar-refractivity contribution is 0.0984. The van der Waals surface area contributed by atoms with E-state index in [0.29, 0.717) is 23.2 Å². The van der Waals surface area contributed by atoms with Crippen molar-refractivity contribution in [3.05, 3.63) is 89.2 Å². The highest BCUT2D eigenvalue weighted by Gasteiger charge is 2.24. The molecule has 0 saturated heterocycles. The highest BCUT2D eigenvalue weighted by atomic mass is 32.1. The number of rotatable bonds is 5. The predicted molar refractivity (Wildman–Crippen MR) is 134 cm³/mol. The molecule has 0 N–H and O–H groups in total. The van der Waals surface area contributed by atoms with Crippen LogP contribution in [0.2, 0.25) is 0 Å². The Morgan fingerprint density at radius 2 is 1.75 bits per heavy atom. The smallest absolute Gasteiger partial charge is 0.260 e. The van der Waals surface area contributed by atoms with Gasteiger partial charge in [-0.05, 0) is 52.8 Å². The molecule has 164 valence electrons. The van der Waals surface area contributed by atoms with Crippen LogP contribution in [0.25, 0.3) is 10.2 Å². The van der Waals surface area contributed by atoms with Gasteiger partial charge in [-0.25, -0.2) is 4.98 Å². The molecule has 0 fully saturated rings. The monoisotopic (exact) mass is 443 g/mol. The van der Waals surface area contributed by atoms with Gasteiger partial charge in [-0.3, -0.25) is 14.7 Å². The first-order valence-electron chi connectivity index (χ1n) is 11.0. The lowest BCUT2D eigenvalue weighted by Crippen LogP contribution is -2.30. The lowest BCUT2D eigenvalue weighted by atomic mass is 9.86. The average Bonchev–Trinajstić information content (AvgIpc) is 3.21. The molecule has 0 radical (unpaired) electrons. The third kappa shape index (κ3) is 4.58. The molecule has 2 heterocycles. The number of carbonyl (C=O) groups excluding carboxylic acids is 1. The van der Waals surface area contributed by atoms with Crippen LogP contribution in [0.3, 0.4) is 0 Å². The number of nitrogens with zero attached hydrogens (tertiary/aromatic N) is 3. The maximum Gasteiger partial charge on any atom is 0.260 e. The summed E-state index contributed by atoms with van der Waals surface area (Å²) in [6, 6.07) is 19.9. The second-order valence-corrected chi connectivity index (χ2v) is 10.4. The quantitative estimate of drug-likeness (QED) is 0.335. The first-order valence-corrected chi connectivity index (χ1v) is 11.8. The van der Waals surface area contributed by atoms with E-state index >= 15 is 0 Å². The molecule has 0 aliphatic carbocycles. The van der Waals surface area contributed by atoms with Crippen LogP contribution in [0.4, 0.5) is 5.13 Å². The first kappa shape index (κ1) is 22.2. The highest BCUT2D eigenvalue weighted by molar-refractivity contribution is 7.22. The van der Waals surface area contributed by atoms with E-state index < -0.39 is 0 Å². The van der Waals surface area contributed by atoms with Crippen LogP contribution in [0, 0.1) is 0 Å². The number of aromatic nitrogens is 2. The van der Waals surface area contributed by atoms with Gasteiger partial charge in [0.1, 0.15) is 0 Å². The number of carbonyl (C=O) groups is 1. The van der Waals surface area contributed by atoms with Crippen molar-refractivity contribution in [1.29, 1.82) is 0 Å². The zero-order chi connectivity index (χ0) is 22.9. The fourth-order valence-electron chi connectivity index (χ4n) is 3.69. The fourth-order valence-corrected chi connectivity index (χ4v) is 4.69. The van der Waals surface area contributed by atoms with Crippen LogP contribution in [-0.4, -0.2) is 15.9 Å². The van der Waals surface area contributed by atoms with Crippen molar-refractivity contribution >= 4 is 32.6 Å². The Bertz CT molecular complexity index is 1220. The molecule has 0 unspecified atom stereocenters. The zero-order valence-electron chi connectivity index (χ0n) is 19.3. The van der Waals surface area contributed by atoms with Gasteiger partial charge in [0.25, 0.3) is 5.91 Å². The Labute approximate surface area is 194 Å². The van der Waals surface area contributed by atoms with E-state index in [4.69, 9.17) is 4.98 Å². The Kier molecular flexibility index (Phi) is 6.11. The molecule has 4 rings (SSSR count). The van der Waals surface area contributed by atoms with Crippen LogP contribution in [-0.2, 0) is 12.0 Å². The van der Waals surface area contributed by atoms with Gasteiger partial charge in [0.2, 0.25) is 0 Å². The molecule has 4 nitrogen and oxygen atoms in total. The Morgan fingerprint density at radius 3 is 2.38 bits per heavy atom. The summed E-state index contributed by atoms with van der Waals surface area (Å²) in [4.78, 5) is 24.8. The van der Waals surface area contributed by atoms with Crippen molar-refractivity contribution in [2.24, 2.45) is 0 Å². The van der Waals surface area contributed by atoms with Gasteiger partial charge in [-0.2, -0.15) is 0 Å². The highest BCUT2D eigenvalue weighted by Crippen LogP contribution is 2.35. The minimum Gasteiger partial charge on any atom is -0.278 e. The maximum absolute atomic E-state index is 13.7. The van der Waals surface area contributed by atoms with Gasteiger partial charge in [-0.1, -0.05) is 76.3 Å². The van der Waals surface area contributed by atoms with Gasteiger partial charge in [0.05, 0.1) is 22.5 Å². The number of fused-ring (bicyclic) bond motifs is 1. The molecule has 0 bridgehead atoms. The van der Waals surface area contributed by atoms with Gasteiger partial charge >= 0.3 is 0 Å². The van der Waals surface area contributed by atoms with E-state index in [-0.39, 0.29) is 11.3 Å². The summed E-state index contributed by atoms with van der Waals surface area (Å²) in [5.74, 6) is 0.291. The van der Waals surface area contributed by atoms with Gasteiger partial charge in [0, 0.05) is 11.8 Å². The molecule has 5 heteroatoms. The van der Waals surface area contributed by atoms with E-state index in [1.807, 2.05) is 42.5 Å². The Balaban J connectivity index is 1.76. The van der Waals surface area contributed by atoms with Crippen LogP contribution in [0.15, 0.2) is 66.9 Å². The summed E-state index contributed by atoms with van der Waals surface area (Å²) in [7, 11) is 0. The summed E-state index contributed by atoms with van der Waals surface area (Å²) in [5.41, 5.74) is 4.89. The minimum absolute atomic E-state index is 0.0372. The molecule has 0 atom stereocenters. The third-order valence-electron chi connectivity index (χ3n) is 5.58. The first-order chi connectivity index (χ1) is 15.2. The normalized spacial score (nSPS) is 11.8. The number of hydrogen-bond donors (Lipinski definition) is 0. The molecule has 2 aromatic carbocycles. The zero-order valence-corrected chi connectivity index (χ0v) is 20.1. The summed E-state index contributed by atoms with van der Waals surface area (Å²) >= 11 is 1.55. The molecule has 0 aliphatic heterocycles. The Hall–Kier alpha value is -3.05. The molecule has 0 aliphatic rings. The van der Waals surface area contributed by atoms with Crippen LogP contribution in [0.5, 0.6) is 0 Å². The number of para-hydroxylation sites is 1. The lowest BCUT2D eigenvalue weighted by Gasteiger charge is -2.22. The maximum atomic E-state index is 13.7. The standard InChI is InChI=1S/C27H29N3OS/c1-18(2)22-10-8-11-23-24(22)29-26(32-23)30(17-21-9-6-7-16-28-21)25(31)19-12-14-20(15-13-19)27(3,4)5/h6-16,18H,17H2,1-5H3. The number of anilines is 1. The molecule has 0 saturated carbocycles. The summed E-state index contributed by atoms with van der Waals surface area (Å²) < 4.78 is 1.09. The van der Waals surface area contributed by atoms with Gasteiger partial charge in [-0.15, -0.1) is 0 Å².